The number of hydrogen-bond acceptors (Lipinski definition) is 2. The molecule has 0 aliphatic carbocycles. The molecule has 1 aliphatic heterocycles. The van der Waals surface area contributed by atoms with E-state index in [-0.39, 0.29) is 24.2 Å². The van der Waals surface area contributed by atoms with Crippen molar-refractivity contribution < 1.29 is 9.59 Å². The largest absolute Gasteiger partial charge is 0.274 e. The molecule has 2 aromatic rings. The minimum absolute atomic E-state index is 0.112. The molecule has 118 valence electrons. The first-order valence-electron chi connectivity index (χ1n) is 7.64. The Balaban J connectivity index is 1.85. The van der Waals surface area contributed by atoms with Gasteiger partial charge < -0.3 is 0 Å². The third-order valence-electron chi connectivity index (χ3n) is 4.24. The number of hydrogen-bond donors (Lipinski definition) is 0. The lowest BCUT2D eigenvalue weighted by atomic mass is 9.98. The van der Waals surface area contributed by atoms with Crippen LogP contribution in [0.1, 0.15) is 23.1 Å². The standard InChI is InChI=1S/C19H18ClNO2/c1-12-3-4-13(2)17(9-12)21-18(22)11-15(19(21)23)10-14-5-7-16(20)8-6-14/h3-9,15H,10-11H2,1-2H3/t15-/m1/s1. The highest BCUT2D eigenvalue weighted by atomic mass is 35.5. The lowest BCUT2D eigenvalue weighted by molar-refractivity contribution is -0.122. The fourth-order valence-corrected chi connectivity index (χ4v) is 3.10. The number of halogens is 1. The van der Waals surface area contributed by atoms with Crippen molar-refractivity contribution in [3.63, 3.8) is 0 Å². The number of rotatable bonds is 3. The lowest BCUT2D eigenvalue weighted by Crippen LogP contribution is -2.31. The molecule has 1 aliphatic rings. The fraction of sp³-hybridized carbons (Fsp3) is 0.263. The lowest BCUT2D eigenvalue weighted by Gasteiger charge is -2.18. The van der Waals surface area contributed by atoms with Crippen molar-refractivity contribution in [3.8, 4) is 0 Å². The monoisotopic (exact) mass is 327 g/mol. The van der Waals surface area contributed by atoms with Crippen LogP contribution in [0, 0.1) is 19.8 Å². The minimum atomic E-state index is -0.302. The predicted molar refractivity (Wildman–Crippen MR) is 91.7 cm³/mol. The number of imide groups is 1. The Morgan fingerprint density at radius 1 is 1.09 bits per heavy atom. The molecule has 1 fully saturated rings. The molecule has 0 bridgehead atoms. The van der Waals surface area contributed by atoms with Gasteiger partial charge in [-0.2, -0.15) is 0 Å². The van der Waals surface area contributed by atoms with Crippen LogP contribution in [0.5, 0.6) is 0 Å². The zero-order valence-corrected chi connectivity index (χ0v) is 13.9. The summed E-state index contributed by atoms with van der Waals surface area (Å²) in [4.78, 5) is 26.5. The van der Waals surface area contributed by atoms with Gasteiger partial charge in [0.05, 0.1) is 11.6 Å². The summed E-state index contributed by atoms with van der Waals surface area (Å²) in [5.41, 5.74) is 3.69. The Kier molecular flexibility index (Phi) is 4.22. The zero-order valence-electron chi connectivity index (χ0n) is 13.2. The van der Waals surface area contributed by atoms with Crippen LogP contribution in [-0.2, 0) is 16.0 Å². The average molecular weight is 328 g/mol. The van der Waals surface area contributed by atoms with Gasteiger partial charge in [-0.15, -0.1) is 0 Å². The molecule has 0 N–H and O–H groups in total. The molecule has 1 heterocycles. The molecule has 2 amide bonds. The van der Waals surface area contributed by atoms with Gasteiger partial charge in [0, 0.05) is 11.4 Å². The molecule has 0 spiro atoms. The summed E-state index contributed by atoms with van der Waals surface area (Å²) in [6, 6.07) is 13.2. The topological polar surface area (TPSA) is 37.4 Å². The van der Waals surface area contributed by atoms with E-state index in [4.69, 9.17) is 11.6 Å². The first-order chi connectivity index (χ1) is 11.0. The fourth-order valence-electron chi connectivity index (χ4n) is 2.97. The summed E-state index contributed by atoms with van der Waals surface area (Å²) < 4.78 is 0. The van der Waals surface area contributed by atoms with E-state index in [2.05, 4.69) is 0 Å². The van der Waals surface area contributed by atoms with Crippen molar-refractivity contribution >= 4 is 29.1 Å². The Labute approximate surface area is 140 Å². The minimum Gasteiger partial charge on any atom is -0.274 e. The number of carbonyl (C=O) groups excluding carboxylic acids is 2. The van der Waals surface area contributed by atoms with Crippen molar-refractivity contribution in [1.82, 2.24) is 0 Å². The summed E-state index contributed by atoms with van der Waals surface area (Å²) in [5.74, 6) is -0.537. The van der Waals surface area contributed by atoms with Gasteiger partial charge in [0.2, 0.25) is 11.8 Å². The average Bonchev–Trinajstić information content (AvgIpc) is 2.78. The Morgan fingerprint density at radius 2 is 1.78 bits per heavy atom. The molecule has 0 saturated carbocycles. The zero-order chi connectivity index (χ0) is 16.6. The van der Waals surface area contributed by atoms with Crippen molar-refractivity contribution in [3.05, 3.63) is 64.2 Å². The first-order valence-corrected chi connectivity index (χ1v) is 8.02. The maximum Gasteiger partial charge on any atom is 0.237 e. The van der Waals surface area contributed by atoms with Gasteiger partial charge in [-0.1, -0.05) is 35.9 Å². The molecule has 4 heteroatoms. The molecule has 1 atom stereocenters. The summed E-state index contributed by atoms with van der Waals surface area (Å²) >= 11 is 5.89. The van der Waals surface area contributed by atoms with Gasteiger partial charge in [0.1, 0.15) is 0 Å². The van der Waals surface area contributed by atoms with E-state index in [1.165, 1.54) is 4.90 Å². The molecule has 3 rings (SSSR count). The molecule has 23 heavy (non-hydrogen) atoms. The van der Waals surface area contributed by atoms with E-state index in [1.54, 1.807) is 12.1 Å². The van der Waals surface area contributed by atoms with Gasteiger partial charge in [-0.25, -0.2) is 0 Å². The van der Waals surface area contributed by atoms with E-state index >= 15 is 0 Å². The normalized spacial score (nSPS) is 17.9. The second-order valence-electron chi connectivity index (χ2n) is 6.09. The van der Waals surface area contributed by atoms with E-state index in [1.807, 2.05) is 44.2 Å². The molecular formula is C19H18ClNO2. The van der Waals surface area contributed by atoms with Crippen LogP contribution in [0.2, 0.25) is 5.02 Å². The SMILES string of the molecule is Cc1ccc(C)c(N2C(=O)C[C@@H](Cc3ccc(Cl)cc3)C2=O)c1. The number of carbonyl (C=O) groups is 2. The predicted octanol–water partition coefficient (Wildman–Crippen LogP) is 4.08. The van der Waals surface area contributed by atoms with E-state index in [9.17, 15) is 9.59 Å². The third-order valence-corrected chi connectivity index (χ3v) is 4.49. The summed E-state index contributed by atoms with van der Waals surface area (Å²) in [5, 5.41) is 0.666. The molecule has 0 radical (unpaired) electrons. The number of nitrogens with zero attached hydrogens (tertiary/aromatic N) is 1. The van der Waals surface area contributed by atoms with Crippen molar-refractivity contribution in [1.29, 1.82) is 0 Å². The van der Waals surface area contributed by atoms with Gasteiger partial charge in [-0.05, 0) is 55.2 Å². The highest BCUT2D eigenvalue weighted by Gasteiger charge is 2.39. The van der Waals surface area contributed by atoms with Gasteiger partial charge >= 0.3 is 0 Å². The van der Waals surface area contributed by atoms with Crippen LogP contribution >= 0.6 is 11.6 Å². The highest BCUT2D eigenvalue weighted by Crippen LogP contribution is 2.31. The van der Waals surface area contributed by atoms with Gasteiger partial charge in [0.15, 0.2) is 0 Å². The maximum atomic E-state index is 12.7. The van der Waals surface area contributed by atoms with Crippen LogP contribution < -0.4 is 4.90 Å². The number of anilines is 1. The van der Waals surface area contributed by atoms with E-state index < -0.39 is 0 Å². The quantitative estimate of drug-likeness (QED) is 0.797. The van der Waals surface area contributed by atoms with Crippen molar-refractivity contribution in [2.24, 2.45) is 5.92 Å². The number of aryl methyl sites for hydroxylation is 2. The first kappa shape index (κ1) is 15.8. The van der Waals surface area contributed by atoms with Crippen molar-refractivity contribution in [2.75, 3.05) is 4.90 Å². The second-order valence-corrected chi connectivity index (χ2v) is 6.53. The molecule has 3 nitrogen and oxygen atoms in total. The van der Waals surface area contributed by atoms with Crippen LogP contribution in [0.25, 0.3) is 0 Å². The second kappa shape index (κ2) is 6.17. The summed E-state index contributed by atoms with van der Waals surface area (Å²) in [6.45, 7) is 3.88. The van der Waals surface area contributed by atoms with Gasteiger partial charge in [0.25, 0.3) is 0 Å². The van der Waals surface area contributed by atoms with Gasteiger partial charge in [-0.3, -0.25) is 14.5 Å². The van der Waals surface area contributed by atoms with E-state index in [0.717, 1.165) is 16.7 Å². The number of amides is 2. The Hall–Kier alpha value is -2.13. The maximum absolute atomic E-state index is 12.7. The summed E-state index contributed by atoms with van der Waals surface area (Å²) in [7, 11) is 0. The van der Waals surface area contributed by atoms with Crippen LogP contribution in [0.3, 0.4) is 0 Å². The van der Waals surface area contributed by atoms with Crippen LogP contribution in [0.4, 0.5) is 5.69 Å². The molecule has 0 aromatic heterocycles. The highest BCUT2D eigenvalue weighted by molar-refractivity contribution is 6.30. The van der Waals surface area contributed by atoms with Crippen LogP contribution in [0.15, 0.2) is 42.5 Å². The van der Waals surface area contributed by atoms with E-state index in [0.29, 0.717) is 17.1 Å². The molecule has 2 aromatic carbocycles. The number of benzene rings is 2. The Morgan fingerprint density at radius 3 is 2.48 bits per heavy atom. The van der Waals surface area contributed by atoms with Crippen LogP contribution in [-0.4, -0.2) is 11.8 Å². The van der Waals surface area contributed by atoms with Crippen molar-refractivity contribution in [2.45, 2.75) is 26.7 Å². The Bertz CT molecular complexity index is 767. The molecule has 1 saturated heterocycles. The third kappa shape index (κ3) is 3.15. The molecular weight excluding hydrogens is 310 g/mol. The summed E-state index contributed by atoms with van der Waals surface area (Å²) in [6.07, 6.45) is 0.817. The smallest absolute Gasteiger partial charge is 0.237 e. The molecule has 0 unspecified atom stereocenters.